The van der Waals surface area contributed by atoms with Crippen LogP contribution in [0.15, 0.2) is 65.6 Å². The first-order valence-corrected chi connectivity index (χ1v) is 15.1. The molecular formula is C29H32O8S2. The molecule has 10 heteroatoms. The second kappa shape index (κ2) is 12.4. The number of ether oxygens (including phenoxy) is 2. The Bertz CT molecular complexity index is 1450. The molecule has 2 atom stereocenters. The maximum atomic E-state index is 12.4. The number of esters is 1. The third-order valence-corrected chi connectivity index (χ3v) is 8.74. The molecule has 2 unspecified atom stereocenters. The summed E-state index contributed by atoms with van der Waals surface area (Å²) in [5.74, 6) is 0.349. The van der Waals surface area contributed by atoms with Crippen molar-refractivity contribution < 1.29 is 35.3 Å². The smallest absolute Gasteiger partial charge is 0.338 e. The summed E-state index contributed by atoms with van der Waals surface area (Å²) in [6.45, 7) is 8.20. The Morgan fingerprint density at radius 3 is 2.23 bits per heavy atom. The molecule has 0 aromatic heterocycles. The van der Waals surface area contributed by atoms with E-state index in [4.69, 9.17) is 17.8 Å². The number of benzene rings is 3. The third-order valence-electron chi connectivity index (χ3n) is 6.32. The molecule has 3 aromatic rings. The van der Waals surface area contributed by atoms with Gasteiger partial charge in [0.05, 0.1) is 28.9 Å². The number of carbonyl (C=O) groups is 1. The van der Waals surface area contributed by atoms with Crippen LogP contribution >= 0.6 is 0 Å². The highest BCUT2D eigenvalue weighted by molar-refractivity contribution is 7.86. The lowest BCUT2D eigenvalue weighted by atomic mass is 9.91. The highest BCUT2D eigenvalue weighted by Crippen LogP contribution is 2.35. The molecule has 0 N–H and O–H groups in total. The summed E-state index contributed by atoms with van der Waals surface area (Å²) in [6, 6.07) is 17.5. The van der Waals surface area contributed by atoms with E-state index < -0.39 is 27.3 Å². The Balaban J connectivity index is 0.000000229. The van der Waals surface area contributed by atoms with Crippen LogP contribution in [0.4, 0.5) is 0 Å². The average Bonchev–Trinajstić information content (AvgIpc) is 3.30. The van der Waals surface area contributed by atoms with E-state index in [1.807, 2.05) is 52.0 Å². The van der Waals surface area contributed by atoms with Gasteiger partial charge in [0.1, 0.15) is 18.5 Å². The first-order valence-electron chi connectivity index (χ1n) is 12.6. The molecular weight excluding hydrogens is 540 g/mol. The van der Waals surface area contributed by atoms with Gasteiger partial charge in [-0.25, -0.2) is 9.00 Å². The number of hydrogen-bond acceptors (Lipinski definition) is 8. The summed E-state index contributed by atoms with van der Waals surface area (Å²) >= 11 is -1.23. The number of hydrogen-bond donors (Lipinski definition) is 0. The van der Waals surface area contributed by atoms with Crippen LogP contribution in [0.2, 0.25) is 0 Å². The Labute approximate surface area is 232 Å². The van der Waals surface area contributed by atoms with Crippen molar-refractivity contribution in [3.8, 4) is 5.75 Å². The molecule has 0 bridgehead atoms. The molecule has 2 aliphatic heterocycles. The first kappa shape index (κ1) is 28.9. The summed E-state index contributed by atoms with van der Waals surface area (Å²) in [5, 5.41) is 0.0290. The number of aryl methyl sites for hydroxylation is 2. The molecule has 0 saturated carbocycles. The summed E-state index contributed by atoms with van der Waals surface area (Å²) in [6.07, 6.45) is 0.163. The number of cyclic esters (lactones) is 1. The molecule has 2 heterocycles. The predicted molar refractivity (Wildman–Crippen MR) is 147 cm³/mol. The lowest BCUT2D eigenvalue weighted by Gasteiger charge is -2.27. The molecule has 39 heavy (non-hydrogen) atoms. The molecule has 8 nitrogen and oxygen atoms in total. The monoisotopic (exact) mass is 572 g/mol. The number of carbonyl (C=O) groups excluding carboxylic acids is 1. The highest BCUT2D eigenvalue weighted by atomic mass is 32.2. The maximum absolute atomic E-state index is 12.4. The summed E-state index contributed by atoms with van der Waals surface area (Å²) in [5.41, 5.74) is 5.45. The minimum Gasteiger partial charge on any atom is -0.457 e. The van der Waals surface area contributed by atoms with E-state index in [1.165, 1.54) is 17.7 Å². The Hall–Kier alpha value is -3.05. The van der Waals surface area contributed by atoms with E-state index >= 15 is 0 Å². The molecule has 0 amide bonds. The molecule has 3 aromatic carbocycles. The Morgan fingerprint density at radius 2 is 1.59 bits per heavy atom. The van der Waals surface area contributed by atoms with Crippen LogP contribution in [0.1, 0.15) is 58.1 Å². The van der Waals surface area contributed by atoms with Crippen molar-refractivity contribution in [1.29, 1.82) is 0 Å². The molecule has 5 rings (SSSR count). The van der Waals surface area contributed by atoms with Gasteiger partial charge >= 0.3 is 5.97 Å². The van der Waals surface area contributed by atoms with Crippen LogP contribution < -0.4 is 4.18 Å². The van der Waals surface area contributed by atoms with Crippen LogP contribution in [0, 0.1) is 13.8 Å². The van der Waals surface area contributed by atoms with Crippen molar-refractivity contribution >= 4 is 27.2 Å². The Morgan fingerprint density at radius 1 is 0.949 bits per heavy atom. The van der Waals surface area contributed by atoms with Gasteiger partial charge in [-0.3, -0.25) is 4.18 Å². The molecule has 0 spiro atoms. The molecule has 0 aliphatic carbocycles. The summed E-state index contributed by atoms with van der Waals surface area (Å²) < 4.78 is 57.3. The highest BCUT2D eigenvalue weighted by Gasteiger charge is 2.31. The van der Waals surface area contributed by atoms with Gasteiger partial charge in [-0.05, 0) is 75.6 Å². The van der Waals surface area contributed by atoms with Crippen LogP contribution in [0.3, 0.4) is 0 Å². The van der Waals surface area contributed by atoms with E-state index in [-0.39, 0.29) is 29.3 Å². The molecule has 2 aliphatic rings. The zero-order valence-corrected chi connectivity index (χ0v) is 24.0. The minimum atomic E-state index is -3.86. The van der Waals surface area contributed by atoms with Crippen molar-refractivity contribution in [3.05, 3.63) is 94.0 Å². The predicted octanol–water partition coefficient (Wildman–Crippen LogP) is 5.13. The van der Waals surface area contributed by atoms with Gasteiger partial charge in [0.25, 0.3) is 10.1 Å². The molecule has 0 radical (unpaired) electrons. The van der Waals surface area contributed by atoms with Gasteiger partial charge in [-0.2, -0.15) is 8.42 Å². The zero-order chi connectivity index (χ0) is 28.2. The van der Waals surface area contributed by atoms with E-state index in [0.717, 1.165) is 22.3 Å². The fourth-order valence-corrected chi connectivity index (χ4v) is 5.52. The fraction of sp³-hybridized carbons (Fsp3) is 0.345. The lowest BCUT2D eigenvalue weighted by Crippen LogP contribution is -2.23. The van der Waals surface area contributed by atoms with Crippen molar-refractivity contribution in [3.63, 3.8) is 0 Å². The van der Waals surface area contributed by atoms with Gasteiger partial charge < -0.3 is 13.7 Å². The fourth-order valence-electron chi connectivity index (χ4n) is 4.12. The van der Waals surface area contributed by atoms with Crippen LogP contribution in [-0.2, 0) is 47.9 Å². The average molecular weight is 573 g/mol. The standard InChI is InChI=1S/C19H18O6S.C10H14O2S/c1-12-2-4-13(5-3-12)26(21,22)25-11-18-15-6-7-16-17(10-24-19(16)20)14(15)8-9-23-18;1-8(2)13(11)12-10-6-4-9(3)5-7-10/h2-7,18H,8-11H2,1H3;4-8H,1-3H3. The van der Waals surface area contributed by atoms with Gasteiger partial charge in [-0.15, -0.1) is 0 Å². The number of rotatable bonds is 7. The van der Waals surface area contributed by atoms with Crippen LogP contribution in [0.25, 0.3) is 0 Å². The van der Waals surface area contributed by atoms with Crippen molar-refractivity contribution in [2.75, 3.05) is 13.2 Å². The first-order chi connectivity index (χ1) is 18.5. The second-order valence-electron chi connectivity index (χ2n) is 9.60. The van der Waals surface area contributed by atoms with Crippen molar-refractivity contribution in [2.24, 2.45) is 0 Å². The second-order valence-corrected chi connectivity index (χ2v) is 12.8. The topological polar surface area (TPSA) is 105 Å². The Kier molecular flexibility index (Phi) is 9.22. The van der Waals surface area contributed by atoms with E-state index in [0.29, 0.717) is 24.3 Å². The van der Waals surface area contributed by atoms with Crippen molar-refractivity contribution in [2.45, 2.75) is 57.0 Å². The quantitative estimate of drug-likeness (QED) is 0.283. The van der Waals surface area contributed by atoms with E-state index in [9.17, 15) is 17.4 Å². The number of fused-ring (bicyclic) bond motifs is 3. The van der Waals surface area contributed by atoms with Gasteiger partial charge in [0.2, 0.25) is 11.1 Å². The van der Waals surface area contributed by atoms with Crippen LogP contribution in [0.5, 0.6) is 5.75 Å². The third kappa shape index (κ3) is 7.13. The summed E-state index contributed by atoms with van der Waals surface area (Å²) in [4.78, 5) is 11.8. The molecule has 0 saturated heterocycles. The lowest BCUT2D eigenvalue weighted by molar-refractivity contribution is 0.0114. The minimum absolute atomic E-state index is 0.0290. The molecule has 0 fully saturated rings. The maximum Gasteiger partial charge on any atom is 0.338 e. The van der Waals surface area contributed by atoms with Crippen molar-refractivity contribution in [1.82, 2.24) is 0 Å². The zero-order valence-electron chi connectivity index (χ0n) is 22.3. The molecule has 208 valence electrons. The van der Waals surface area contributed by atoms with Gasteiger partial charge in [0, 0.05) is 5.56 Å². The van der Waals surface area contributed by atoms with E-state index in [2.05, 4.69) is 0 Å². The normalized spacial score (nSPS) is 16.9. The largest absolute Gasteiger partial charge is 0.457 e. The van der Waals surface area contributed by atoms with Gasteiger partial charge in [-0.1, -0.05) is 41.5 Å². The summed E-state index contributed by atoms with van der Waals surface area (Å²) in [7, 11) is -3.86. The SMILES string of the molecule is Cc1ccc(OS(=O)C(C)C)cc1.Cc1ccc(S(=O)(=O)OCC2OCCc3c2ccc2c3COC2=O)cc1. The van der Waals surface area contributed by atoms with Crippen LogP contribution in [-0.4, -0.2) is 37.1 Å². The van der Waals surface area contributed by atoms with Gasteiger partial charge in [0.15, 0.2) is 0 Å². The van der Waals surface area contributed by atoms with E-state index in [1.54, 1.807) is 24.3 Å².